The molecule has 94 valence electrons. The summed E-state index contributed by atoms with van der Waals surface area (Å²) in [6.07, 6.45) is 1.42. The molecule has 1 unspecified atom stereocenters. The highest BCUT2D eigenvalue weighted by molar-refractivity contribution is 9.10. The van der Waals surface area contributed by atoms with E-state index in [9.17, 15) is 4.39 Å². The third-order valence-electron chi connectivity index (χ3n) is 2.55. The van der Waals surface area contributed by atoms with Crippen LogP contribution in [0.25, 0.3) is 0 Å². The van der Waals surface area contributed by atoms with Crippen LogP contribution in [0.5, 0.6) is 0 Å². The molecule has 0 saturated heterocycles. The number of pyridine rings is 1. The van der Waals surface area contributed by atoms with Crippen molar-refractivity contribution < 1.29 is 4.39 Å². The molecule has 3 nitrogen and oxygen atoms in total. The van der Waals surface area contributed by atoms with Crippen molar-refractivity contribution in [2.45, 2.75) is 6.04 Å². The maximum Gasteiger partial charge on any atom is 0.129 e. The molecule has 0 aliphatic heterocycles. The summed E-state index contributed by atoms with van der Waals surface area (Å²) in [5.74, 6) is -0.162. The molecule has 1 heterocycles. The van der Waals surface area contributed by atoms with Crippen LogP contribution in [-0.4, -0.2) is 4.98 Å². The van der Waals surface area contributed by atoms with Crippen molar-refractivity contribution in [3.05, 3.63) is 56.9 Å². The predicted molar refractivity (Wildman–Crippen MR) is 73.8 cm³/mol. The molecule has 1 aromatic heterocycles. The summed E-state index contributed by atoms with van der Waals surface area (Å²) in [5, 5.41) is 0.409. The lowest BCUT2D eigenvalue weighted by atomic mass is 10.00. The highest BCUT2D eigenvalue weighted by Gasteiger charge is 2.17. The number of aromatic nitrogens is 1. The van der Waals surface area contributed by atoms with Gasteiger partial charge in [-0.2, -0.15) is 0 Å². The zero-order chi connectivity index (χ0) is 13.3. The van der Waals surface area contributed by atoms with E-state index in [1.54, 1.807) is 18.2 Å². The van der Waals surface area contributed by atoms with E-state index >= 15 is 0 Å². The summed E-state index contributed by atoms with van der Waals surface area (Å²) in [7, 11) is 0. The average Bonchev–Trinajstić information content (AvgIpc) is 2.31. The number of nitrogen functional groups attached to an aromatic ring is 1. The van der Waals surface area contributed by atoms with E-state index in [4.69, 9.17) is 23.1 Å². The van der Waals surface area contributed by atoms with Crippen LogP contribution >= 0.6 is 27.5 Å². The van der Waals surface area contributed by atoms with Gasteiger partial charge in [0.2, 0.25) is 0 Å². The number of benzene rings is 1. The molecule has 0 bridgehead atoms. The van der Waals surface area contributed by atoms with E-state index in [0.29, 0.717) is 20.6 Å². The number of hydrogen-bond acceptors (Lipinski definition) is 3. The molecule has 1 aromatic carbocycles. The van der Waals surface area contributed by atoms with Crippen molar-refractivity contribution in [1.82, 2.24) is 4.98 Å². The fourth-order valence-corrected chi connectivity index (χ4v) is 2.14. The van der Waals surface area contributed by atoms with E-state index in [1.807, 2.05) is 0 Å². The first kappa shape index (κ1) is 13.3. The molecule has 0 aliphatic rings. The summed E-state index contributed by atoms with van der Waals surface area (Å²) in [5.41, 5.74) is 12.6. The average molecular weight is 331 g/mol. The summed E-state index contributed by atoms with van der Waals surface area (Å²) < 4.78 is 14.5. The molecular formula is C12H10BrClFN3. The van der Waals surface area contributed by atoms with Crippen LogP contribution in [0.3, 0.4) is 0 Å². The smallest absolute Gasteiger partial charge is 0.129 e. The Kier molecular flexibility index (Phi) is 3.85. The van der Waals surface area contributed by atoms with Gasteiger partial charge in [-0.25, -0.2) is 9.37 Å². The van der Waals surface area contributed by atoms with Gasteiger partial charge in [0, 0.05) is 21.8 Å². The summed E-state index contributed by atoms with van der Waals surface area (Å²) >= 11 is 9.03. The van der Waals surface area contributed by atoms with Crippen LogP contribution in [-0.2, 0) is 0 Å². The topological polar surface area (TPSA) is 64.9 Å². The van der Waals surface area contributed by atoms with Crippen LogP contribution in [0.4, 0.5) is 10.2 Å². The van der Waals surface area contributed by atoms with Gasteiger partial charge in [-0.05, 0) is 18.2 Å². The van der Waals surface area contributed by atoms with Crippen molar-refractivity contribution in [3.8, 4) is 0 Å². The Hall–Kier alpha value is -1.17. The third kappa shape index (κ3) is 2.63. The van der Waals surface area contributed by atoms with Gasteiger partial charge in [-0.3, -0.25) is 0 Å². The van der Waals surface area contributed by atoms with E-state index in [1.165, 1.54) is 12.3 Å². The molecule has 2 rings (SSSR count). The van der Waals surface area contributed by atoms with E-state index in [-0.39, 0.29) is 5.82 Å². The summed E-state index contributed by atoms with van der Waals surface area (Å²) in [4.78, 5) is 3.91. The first-order valence-electron chi connectivity index (χ1n) is 5.10. The van der Waals surface area contributed by atoms with E-state index < -0.39 is 11.9 Å². The van der Waals surface area contributed by atoms with Gasteiger partial charge in [-0.1, -0.05) is 33.6 Å². The van der Waals surface area contributed by atoms with Gasteiger partial charge >= 0.3 is 0 Å². The Labute approximate surface area is 117 Å². The molecule has 0 amide bonds. The molecule has 0 aliphatic carbocycles. The van der Waals surface area contributed by atoms with Crippen LogP contribution in [0, 0.1) is 5.82 Å². The standard InChI is InChI=1S/C12H10BrClFN3/c13-6-1-2-8(10(15)3-6)11(16)9-4-7(14)5-18-12(9)17/h1-5,11H,16H2,(H2,17,18). The minimum Gasteiger partial charge on any atom is -0.383 e. The molecule has 18 heavy (non-hydrogen) atoms. The second kappa shape index (κ2) is 5.22. The van der Waals surface area contributed by atoms with Crippen LogP contribution in [0.15, 0.2) is 34.9 Å². The van der Waals surface area contributed by atoms with Gasteiger partial charge in [0.1, 0.15) is 11.6 Å². The second-order valence-electron chi connectivity index (χ2n) is 3.77. The Morgan fingerprint density at radius 2 is 2.00 bits per heavy atom. The maximum atomic E-state index is 13.8. The Morgan fingerprint density at radius 3 is 2.67 bits per heavy atom. The molecule has 1 atom stereocenters. The highest BCUT2D eigenvalue weighted by Crippen LogP contribution is 2.28. The molecule has 0 fully saturated rings. The highest BCUT2D eigenvalue weighted by atomic mass is 79.9. The maximum absolute atomic E-state index is 13.8. The number of halogens is 3. The summed E-state index contributed by atoms with van der Waals surface area (Å²) in [6, 6.07) is 5.56. The van der Waals surface area contributed by atoms with Crippen molar-refractivity contribution >= 4 is 33.3 Å². The lowest BCUT2D eigenvalue weighted by molar-refractivity contribution is 0.599. The molecule has 4 N–H and O–H groups in total. The zero-order valence-electron chi connectivity index (χ0n) is 9.20. The van der Waals surface area contributed by atoms with Gasteiger partial charge in [0.05, 0.1) is 11.1 Å². The zero-order valence-corrected chi connectivity index (χ0v) is 11.5. The summed E-state index contributed by atoms with van der Waals surface area (Å²) in [6.45, 7) is 0. The van der Waals surface area contributed by atoms with Crippen molar-refractivity contribution in [3.63, 3.8) is 0 Å². The van der Waals surface area contributed by atoms with Crippen molar-refractivity contribution in [2.24, 2.45) is 5.73 Å². The molecule has 6 heteroatoms. The first-order valence-corrected chi connectivity index (χ1v) is 6.27. The van der Waals surface area contributed by atoms with Crippen molar-refractivity contribution in [1.29, 1.82) is 0 Å². The van der Waals surface area contributed by atoms with E-state index in [2.05, 4.69) is 20.9 Å². The molecular weight excluding hydrogens is 321 g/mol. The third-order valence-corrected chi connectivity index (χ3v) is 3.25. The molecule has 0 spiro atoms. The number of rotatable bonds is 2. The fraction of sp³-hybridized carbons (Fsp3) is 0.0833. The SMILES string of the molecule is Nc1ncc(Cl)cc1C(N)c1ccc(Br)cc1F. The first-order chi connectivity index (χ1) is 8.49. The largest absolute Gasteiger partial charge is 0.383 e. The number of nitrogens with two attached hydrogens (primary N) is 2. The van der Waals surface area contributed by atoms with Crippen LogP contribution in [0.1, 0.15) is 17.2 Å². The van der Waals surface area contributed by atoms with Gasteiger partial charge in [-0.15, -0.1) is 0 Å². The van der Waals surface area contributed by atoms with Crippen LogP contribution in [0.2, 0.25) is 5.02 Å². The molecule has 0 saturated carbocycles. The molecule has 0 radical (unpaired) electrons. The predicted octanol–water partition coefficient (Wildman–Crippen LogP) is 3.27. The fourth-order valence-electron chi connectivity index (χ4n) is 1.64. The van der Waals surface area contributed by atoms with Crippen LogP contribution < -0.4 is 11.5 Å². The monoisotopic (exact) mass is 329 g/mol. The Bertz CT molecular complexity index is 592. The Morgan fingerprint density at radius 1 is 1.28 bits per heavy atom. The lowest BCUT2D eigenvalue weighted by Gasteiger charge is -2.15. The lowest BCUT2D eigenvalue weighted by Crippen LogP contribution is -2.16. The number of nitrogens with zero attached hydrogens (tertiary/aromatic N) is 1. The molecule has 2 aromatic rings. The minimum absolute atomic E-state index is 0.245. The number of hydrogen-bond donors (Lipinski definition) is 2. The normalized spacial score (nSPS) is 12.4. The van der Waals surface area contributed by atoms with Crippen molar-refractivity contribution in [2.75, 3.05) is 5.73 Å². The van der Waals surface area contributed by atoms with Gasteiger partial charge in [0.15, 0.2) is 0 Å². The van der Waals surface area contributed by atoms with E-state index in [0.717, 1.165) is 0 Å². The Balaban J connectivity index is 2.47. The second-order valence-corrected chi connectivity index (χ2v) is 5.12. The van der Waals surface area contributed by atoms with Gasteiger partial charge in [0.25, 0.3) is 0 Å². The number of anilines is 1. The quantitative estimate of drug-likeness (QED) is 0.888. The minimum atomic E-state index is -0.704. The van der Waals surface area contributed by atoms with Gasteiger partial charge < -0.3 is 11.5 Å².